The molecule has 0 radical (unpaired) electrons. The minimum Gasteiger partial charge on any atom is -1.00 e. The summed E-state index contributed by atoms with van der Waals surface area (Å²) in [5.74, 6) is 0.166. The smallest absolute Gasteiger partial charge is 1.00 e. The van der Waals surface area contributed by atoms with Crippen LogP contribution >= 0.6 is 0 Å². The monoisotopic (exact) mass is 304 g/mol. The zero-order chi connectivity index (χ0) is 10.5. The Kier molecular flexibility index (Phi) is 8.21. The predicted molar refractivity (Wildman–Crippen MR) is 61.8 cm³/mol. The van der Waals surface area contributed by atoms with Crippen LogP contribution in [-0.4, -0.2) is 23.1 Å². The van der Waals surface area contributed by atoms with Crippen molar-refractivity contribution in [2.24, 2.45) is 0 Å². The van der Waals surface area contributed by atoms with Crippen molar-refractivity contribution in [3.05, 3.63) is 66.0 Å². The van der Waals surface area contributed by atoms with Crippen LogP contribution in [0.4, 0.5) is 4.39 Å². The Hall–Kier alpha value is -0.584. The molecule has 0 atom stereocenters. The van der Waals surface area contributed by atoms with Gasteiger partial charge in [0.25, 0.3) is 0 Å². The summed E-state index contributed by atoms with van der Waals surface area (Å²) in [6.45, 7) is 0.443. The van der Waals surface area contributed by atoms with Crippen LogP contribution in [0.1, 0.15) is 5.56 Å². The number of hydrogen-bond donors (Lipinski definition) is 0. The van der Waals surface area contributed by atoms with E-state index in [9.17, 15) is 4.39 Å². The van der Waals surface area contributed by atoms with E-state index in [2.05, 4.69) is 6.07 Å². The molecule has 0 aromatic heterocycles. The molecule has 0 bridgehead atoms. The van der Waals surface area contributed by atoms with Gasteiger partial charge in [0.15, 0.2) is 0 Å². The molecule has 1 nitrogen and oxygen atoms in total. The maximum absolute atomic E-state index is 12.8. The van der Waals surface area contributed by atoms with Crippen molar-refractivity contribution in [2.75, 3.05) is 0 Å². The predicted octanol–water partition coefficient (Wildman–Crippen LogP) is -0.172. The minimum absolute atomic E-state index is 0. The largest absolute Gasteiger partial charge is 2.00 e. The quantitative estimate of drug-likeness (QED) is 0.565. The Labute approximate surface area is 127 Å². The maximum atomic E-state index is 12.8. The molecule has 17 heavy (non-hydrogen) atoms. The molecule has 0 amide bonds. The van der Waals surface area contributed by atoms with Crippen molar-refractivity contribution in [1.29, 1.82) is 0 Å². The van der Waals surface area contributed by atoms with E-state index in [0.29, 0.717) is 12.4 Å². The van der Waals surface area contributed by atoms with Crippen molar-refractivity contribution < 1.29 is 26.1 Å². The van der Waals surface area contributed by atoms with Crippen molar-refractivity contribution in [1.82, 2.24) is 0 Å². The fourth-order valence-electron chi connectivity index (χ4n) is 1.25. The third kappa shape index (κ3) is 5.52. The molecular formula is C13H10BrFMgO. The minimum atomic E-state index is -0.333. The molecule has 0 aliphatic carbocycles. The summed E-state index contributed by atoms with van der Waals surface area (Å²) < 4.78 is 18.2. The fourth-order valence-corrected chi connectivity index (χ4v) is 1.25. The Morgan fingerprint density at radius 1 is 1.12 bits per heavy atom. The van der Waals surface area contributed by atoms with Crippen LogP contribution in [0, 0.1) is 11.9 Å². The number of ether oxygens (including phenoxy) is 1. The molecule has 0 aliphatic heterocycles. The Morgan fingerprint density at radius 3 is 2.47 bits per heavy atom. The van der Waals surface area contributed by atoms with Gasteiger partial charge in [-0.2, -0.15) is 6.07 Å². The van der Waals surface area contributed by atoms with Crippen LogP contribution in [0.2, 0.25) is 0 Å². The molecule has 0 unspecified atom stereocenters. The molecule has 2 aromatic rings. The Balaban J connectivity index is 0.00000128. The summed E-state index contributed by atoms with van der Waals surface area (Å²) >= 11 is 0. The van der Waals surface area contributed by atoms with Gasteiger partial charge >= 0.3 is 23.1 Å². The summed E-state index contributed by atoms with van der Waals surface area (Å²) in [4.78, 5) is 0. The van der Waals surface area contributed by atoms with Gasteiger partial charge in [-0.15, -0.1) is 12.1 Å². The third-order valence-electron chi connectivity index (χ3n) is 1.98. The topological polar surface area (TPSA) is 9.23 Å². The Bertz CT molecular complexity index is 436. The molecule has 0 spiro atoms. The average Bonchev–Trinajstić information content (AvgIpc) is 2.28. The first-order valence-electron chi connectivity index (χ1n) is 4.68. The second kappa shape index (κ2) is 8.50. The average molecular weight is 305 g/mol. The van der Waals surface area contributed by atoms with E-state index in [-0.39, 0.29) is 45.9 Å². The summed E-state index contributed by atoms with van der Waals surface area (Å²) in [5.41, 5.74) is 1.06. The van der Waals surface area contributed by atoms with Crippen molar-refractivity contribution in [2.45, 2.75) is 6.61 Å². The van der Waals surface area contributed by atoms with Crippen molar-refractivity contribution in [3.63, 3.8) is 0 Å². The molecule has 0 saturated carbocycles. The molecule has 2 rings (SSSR count). The van der Waals surface area contributed by atoms with Gasteiger partial charge in [-0.25, -0.2) is 0 Å². The van der Waals surface area contributed by atoms with E-state index in [4.69, 9.17) is 4.74 Å². The Morgan fingerprint density at radius 2 is 1.82 bits per heavy atom. The molecular weight excluding hydrogens is 295 g/mol. The molecule has 0 saturated heterocycles. The SMILES string of the molecule is Fc1c[c-]cc(OCc2ccccc2)c1.[Br-].[Mg+2]. The van der Waals surface area contributed by atoms with Gasteiger partial charge in [-0.05, 0) is 5.56 Å². The first-order valence-corrected chi connectivity index (χ1v) is 4.68. The van der Waals surface area contributed by atoms with Gasteiger partial charge in [0.05, 0.1) is 6.61 Å². The fraction of sp³-hybridized carbons (Fsp3) is 0.0769. The van der Waals surface area contributed by atoms with E-state index in [1.54, 1.807) is 6.07 Å². The third-order valence-corrected chi connectivity index (χ3v) is 1.98. The van der Waals surface area contributed by atoms with Crippen LogP contribution in [0.15, 0.2) is 48.5 Å². The number of benzene rings is 2. The van der Waals surface area contributed by atoms with E-state index in [0.717, 1.165) is 5.56 Å². The summed E-state index contributed by atoms with van der Waals surface area (Å²) in [7, 11) is 0. The van der Waals surface area contributed by atoms with Gasteiger partial charge in [0.1, 0.15) is 0 Å². The van der Waals surface area contributed by atoms with E-state index < -0.39 is 0 Å². The van der Waals surface area contributed by atoms with Gasteiger partial charge < -0.3 is 21.7 Å². The van der Waals surface area contributed by atoms with Crippen LogP contribution in [0.25, 0.3) is 0 Å². The molecule has 0 aliphatic rings. The zero-order valence-electron chi connectivity index (χ0n) is 9.20. The first kappa shape index (κ1) is 16.4. The molecule has 0 fully saturated rings. The maximum Gasteiger partial charge on any atom is 2.00 e. The molecule has 0 N–H and O–H groups in total. The number of halogens is 2. The van der Waals surface area contributed by atoms with E-state index >= 15 is 0 Å². The standard InChI is InChI=1S/C13H10FO.BrH.Mg/c14-12-7-4-8-13(9-12)15-10-11-5-2-1-3-6-11;;/h1-3,5-9H,10H2;1H;/q-1;;+2/p-1. The summed E-state index contributed by atoms with van der Waals surface area (Å²) in [6, 6.07) is 16.7. The second-order valence-corrected chi connectivity index (χ2v) is 3.16. The van der Waals surface area contributed by atoms with E-state index in [1.165, 1.54) is 12.1 Å². The van der Waals surface area contributed by atoms with E-state index in [1.807, 2.05) is 30.3 Å². The van der Waals surface area contributed by atoms with Crippen LogP contribution < -0.4 is 21.7 Å². The zero-order valence-corrected chi connectivity index (χ0v) is 12.2. The van der Waals surface area contributed by atoms with Crippen LogP contribution in [-0.2, 0) is 6.61 Å². The summed E-state index contributed by atoms with van der Waals surface area (Å²) in [6.07, 6.45) is 0. The van der Waals surface area contributed by atoms with Crippen molar-refractivity contribution >= 4 is 23.1 Å². The van der Waals surface area contributed by atoms with Gasteiger partial charge in [0, 0.05) is 11.6 Å². The molecule has 2 aromatic carbocycles. The normalized spacial score (nSPS) is 8.76. The van der Waals surface area contributed by atoms with Crippen molar-refractivity contribution in [3.8, 4) is 5.75 Å². The molecule has 0 heterocycles. The molecule has 84 valence electrons. The number of hydrogen-bond acceptors (Lipinski definition) is 1. The van der Waals surface area contributed by atoms with Gasteiger partial charge in [0.2, 0.25) is 0 Å². The molecule has 4 heteroatoms. The number of rotatable bonds is 3. The van der Waals surface area contributed by atoms with Gasteiger partial charge in [-0.1, -0.05) is 36.4 Å². The van der Waals surface area contributed by atoms with Gasteiger partial charge in [-0.3, -0.25) is 4.39 Å². The van der Waals surface area contributed by atoms with Crippen LogP contribution in [0.3, 0.4) is 0 Å². The van der Waals surface area contributed by atoms with Crippen LogP contribution in [0.5, 0.6) is 5.75 Å². The second-order valence-electron chi connectivity index (χ2n) is 3.16. The first-order chi connectivity index (χ1) is 7.34. The summed E-state index contributed by atoms with van der Waals surface area (Å²) in [5, 5.41) is 0.